The number of hydrogen-bond acceptors (Lipinski definition) is 15. The lowest BCUT2D eigenvalue weighted by molar-refractivity contribution is -0.144. The molecular weight excluding hydrogens is 911 g/mol. The molecule has 0 aromatic rings. The van der Waals surface area contributed by atoms with Crippen LogP contribution < -0.4 is 60.6 Å². The summed E-state index contributed by atoms with van der Waals surface area (Å²) in [5.41, 5.74) is 26.9. The van der Waals surface area contributed by atoms with Crippen LogP contribution in [0.15, 0.2) is 9.98 Å². The van der Waals surface area contributed by atoms with Crippen LogP contribution in [0.2, 0.25) is 0 Å². The van der Waals surface area contributed by atoms with E-state index in [4.69, 9.17) is 28.7 Å². The molecule has 3 unspecified atom stereocenters. The molecule has 0 aliphatic heterocycles. The van der Waals surface area contributed by atoms with Crippen LogP contribution >= 0.6 is 0 Å². The Hall–Kier alpha value is -5.90. The number of hydrogen-bond donors (Lipinski definition) is 17. The highest BCUT2D eigenvalue weighted by Crippen LogP contribution is 2.21. The number of amides is 7. The zero-order chi connectivity index (χ0) is 53.6. The van der Waals surface area contributed by atoms with Gasteiger partial charge in [0.15, 0.2) is 18.0 Å². The SMILES string of the molecule is CC(C)C[C@@H](C)[C@@H](O)[C@@H](C)C(=O)N[C@H](C)C(=O)N[C@@H](CCCN=C(N)N)[C@@H](O)[C@@H](O)C(=O)NC(C(=O)NC(C(=O)NC(C(=O)N[C@H](CCCN=C(N)N)C(=O)O)[C@@H](C)O)[C@@H](C)O)[C@@H](C)[C@@H](C)C(N)=O. The van der Waals surface area contributed by atoms with Crippen molar-refractivity contribution >= 4 is 59.2 Å². The highest BCUT2D eigenvalue weighted by Gasteiger charge is 2.41. The number of guanidine groups is 2. The Morgan fingerprint density at radius 2 is 0.957 bits per heavy atom. The number of nitrogens with one attached hydrogen (secondary N) is 6. The van der Waals surface area contributed by atoms with Crippen LogP contribution in [0.5, 0.6) is 0 Å². The van der Waals surface area contributed by atoms with Gasteiger partial charge in [-0.1, -0.05) is 41.5 Å². The number of nitrogens with zero attached hydrogens (tertiary/aromatic N) is 2. The van der Waals surface area contributed by atoms with Crippen molar-refractivity contribution in [3.05, 3.63) is 0 Å². The lowest BCUT2D eigenvalue weighted by atomic mass is 9.87. The van der Waals surface area contributed by atoms with Crippen LogP contribution in [0.4, 0.5) is 0 Å². The molecule has 27 nitrogen and oxygen atoms in total. The number of carboxylic acid groups (broad SMARTS) is 1. The van der Waals surface area contributed by atoms with Crippen molar-refractivity contribution in [3.63, 3.8) is 0 Å². The zero-order valence-electron chi connectivity index (χ0n) is 40.9. The second-order valence-electron chi connectivity index (χ2n) is 18.0. The molecule has 0 spiro atoms. The molecule has 396 valence electrons. The number of aliphatic carboxylic acids is 1. The fourth-order valence-electron chi connectivity index (χ4n) is 7.01. The standard InChI is InChI=1S/C42H79N13O14/c1-17(2)16-18(3)30(58)21(6)34(62)50-22(7)35(63)51-25(12-10-14-48-41(44)45)31(59)32(60)39(67)53-27(19(4)20(5)33(43)61)36(64)54-29(24(9)57)38(66)55-28(23(8)56)37(65)52-26(40(68)69)13-11-15-49-42(46)47/h17-32,56-60H,10-16H2,1-9H3,(H2,43,61)(H,50,62)(H,51,63)(H,52,65)(H,53,67)(H,54,64)(H,55,66)(H,68,69)(H4,44,45,48)(H4,46,47,49)/t18-,19+,20-,21-,22-,23-,24-,25+,26-,27?,28?,29?,30-,31-,32-/m1/s1. The van der Waals surface area contributed by atoms with Crippen LogP contribution in [0.25, 0.3) is 0 Å². The molecule has 27 heteroatoms. The number of primary amides is 1. The number of aliphatic hydroxyl groups is 5. The maximum Gasteiger partial charge on any atom is 0.326 e. The summed E-state index contributed by atoms with van der Waals surface area (Å²) in [7, 11) is 0. The van der Waals surface area contributed by atoms with Crippen molar-refractivity contribution < 1.29 is 69.0 Å². The average molecular weight is 990 g/mol. The first-order valence-corrected chi connectivity index (χ1v) is 22.7. The predicted octanol–water partition coefficient (Wildman–Crippen LogP) is -5.97. The minimum Gasteiger partial charge on any atom is -0.480 e. The summed E-state index contributed by atoms with van der Waals surface area (Å²) in [5.74, 6) is -12.8. The van der Waals surface area contributed by atoms with E-state index in [-0.39, 0.29) is 62.5 Å². The minimum atomic E-state index is -2.42. The van der Waals surface area contributed by atoms with Gasteiger partial charge in [0, 0.05) is 19.0 Å². The fourth-order valence-corrected chi connectivity index (χ4v) is 7.01. The maximum absolute atomic E-state index is 14.0. The van der Waals surface area contributed by atoms with Crippen LogP contribution in [0.3, 0.4) is 0 Å². The van der Waals surface area contributed by atoms with Crippen LogP contribution in [-0.2, 0) is 38.4 Å². The Labute approximate surface area is 402 Å². The Balaban J connectivity index is 6.54. The number of aliphatic hydroxyl groups excluding tert-OH is 5. The molecule has 0 rings (SSSR count). The van der Waals surface area contributed by atoms with Crippen LogP contribution in [0.1, 0.15) is 94.4 Å². The third-order valence-corrected chi connectivity index (χ3v) is 11.4. The quantitative estimate of drug-likeness (QED) is 0.0169. The largest absolute Gasteiger partial charge is 0.480 e. The summed E-state index contributed by atoms with van der Waals surface area (Å²) >= 11 is 0. The lowest BCUT2D eigenvalue weighted by Crippen LogP contribution is -2.64. The van der Waals surface area contributed by atoms with Crippen molar-refractivity contribution in [3.8, 4) is 0 Å². The van der Waals surface area contributed by atoms with Gasteiger partial charge < -0.3 is 91.2 Å². The molecule has 15 atom stereocenters. The third-order valence-electron chi connectivity index (χ3n) is 11.4. The van der Waals surface area contributed by atoms with E-state index in [1.54, 1.807) is 6.92 Å². The summed E-state index contributed by atoms with van der Waals surface area (Å²) < 4.78 is 0. The van der Waals surface area contributed by atoms with E-state index in [0.29, 0.717) is 6.42 Å². The summed E-state index contributed by atoms with van der Waals surface area (Å²) in [4.78, 5) is 113. The third kappa shape index (κ3) is 22.4. The van der Waals surface area contributed by atoms with Crippen molar-refractivity contribution in [2.24, 2.45) is 68.2 Å². The Morgan fingerprint density at radius 1 is 0.507 bits per heavy atom. The molecule has 0 saturated carbocycles. The molecule has 0 bridgehead atoms. The van der Waals surface area contributed by atoms with E-state index in [1.165, 1.54) is 27.7 Å². The number of carboxylic acids is 1. The second-order valence-corrected chi connectivity index (χ2v) is 18.0. The van der Waals surface area contributed by atoms with Crippen molar-refractivity contribution in [2.75, 3.05) is 13.1 Å². The van der Waals surface area contributed by atoms with Gasteiger partial charge in [-0.05, 0) is 70.6 Å². The van der Waals surface area contributed by atoms with Gasteiger partial charge in [-0.2, -0.15) is 0 Å². The molecule has 0 fully saturated rings. The predicted molar refractivity (Wildman–Crippen MR) is 251 cm³/mol. The first-order valence-electron chi connectivity index (χ1n) is 22.7. The highest BCUT2D eigenvalue weighted by molar-refractivity contribution is 5.96. The lowest BCUT2D eigenvalue weighted by Gasteiger charge is -2.33. The molecular formula is C42H79N13O14. The number of rotatable bonds is 32. The summed E-state index contributed by atoms with van der Waals surface area (Å²) in [6, 6.07) is -9.86. The van der Waals surface area contributed by atoms with Crippen molar-refractivity contribution in [1.29, 1.82) is 0 Å². The fraction of sp³-hybridized carbons (Fsp3) is 0.762. The van der Waals surface area contributed by atoms with Crippen molar-refractivity contribution in [1.82, 2.24) is 31.9 Å². The number of carbonyl (C=O) groups is 8. The van der Waals surface area contributed by atoms with Gasteiger partial charge in [0.25, 0.3) is 5.91 Å². The highest BCUT2D eigenvalue weighted by atomic mass is 16.4. The van der Waals surface area contributed by atoms with E-state index in [2.05, 4.69) is 41.9 Å². The van der Waals surface area contributed by atoms with Gasteiger partial charge in [-0.25, -0.2) is 4.79 Å². The summed E-state index contributed by atoms with van der Waals surface area (Å²) in [6.07, 6.45) is -8.50. The Morgan fingerprint density at radius 3 is 1.39 bits per heavy atom. The van der Waals surface area contributed by atoms with E-state index in [9.17, 15) is 69.0 Å². The molecule has 0 radical (unpaired) electrons. The molecule has 22 N–H and O–H groups in total. The first kappa shape index (κ1) is 63.1. The van der Waals surface area contributed by atoms with Gasteiger partial charge in [-0.3, -0.25) is 43.5 Å². The number of carbonyl (C=O) groups excluding carboxylic acids is 7. The summed E-state index contributed by atoms with van der Waals surface area (Å²) in [6.45, 7) is 13.3. The minimum absolute atomic E-state index is 0.0178. The van der Waals surface area contributed by atoms with Crippen molar-refractivity contribution in [2.45, 2.75) is 161 Å². The van der Waals surface area contributed by atoms with E-state index in [0.717, 1.165) is 13.8 Å². The first-order chi connectivity index (χ1) is 31.8. The normalized spacial score (nSPS) is 17.9. The monoisotopic (exact) mass is 990 g/mol. The Kier molecular flexibility index (Phi) is 27.9. The van der Waals surface area contributed by atoms with Crippen LogP contribution in [0, 0.1) is 29.6 Å². The average Bonchev–Trinajstić information content (AvgIpc) is 3.25. The molecule has 69 heavy (non-hydrogen) atoms. The molecule has 0 aromatic carbocycles. The van der Waals surface area contributed by atoms with Crippen LogP contribution in [-0.4, -0.2) is 170 Å². The Bertz CT molecular complexity index is 1780. The van der Waals surface area contributed by atoms with Gasteiger partial charge in [0.2, 0.25) is 35.4 Å². The van der Waals surface area contributed by atoms with Gasteiger partial charge >= 0.3 is 5.97 Å². The smallest absolute Gasteiger partial charge is 0.326 e. The molecule has 0 aliphatic carbocycles. The second kappa shape index (κ2) is 30.6. The van der Waals surface area contributed by atoms with Gasteiger partial charge in [0.05, 0.1) is 30.3 Å². The molecule has 0 heterocycles. The van der Waals surface area contributed by atoms with Gasteiger partial charge in [-0.15, -0.1) is 0 Å². The zero-order valence-corrected chi connectivity index (χ0v) is 40.9. The topological polar surface area (TPSA) is 485 Å². The van der Waals surface area contributed by atoms with E-state index in [1.807, 2.05) is 13.8 Å². The molecule has 0 aliphatic rings. The number of nitrogens with two attached hydrogens (primary N) is 5. The number of aliphatic imine (C=N–C) groups is 2. The molecule has 0 aromatic heterocycles. The maximum atomic E-state index is 14.0. The van der Waals surface area contributed by atoms with Gasteiger partial charge in [0.1, 0.15) is 36.3 Å². The summed E-state index contributed by atoms with van der Waals surface area (Å²) in [5, 5.41) is 77.9. The molecule has 7 amide bonds. The van der Waals surface area contributed by atoms with E-state index >= 15 is 0 Å². The molecule has 0 saturated heterocycles. The van der Waals surface area contributed by atoms with E-state index < -0.39 is 132 Å².